The van der Waals surface area contributed by atoms with Gasteiger partial charge in [-0.2, -0.15) is 0 Å². The van der Waals surface area contributed by atoms with Crippen LogP contribution in [0.1, 0.15) is 16.2 Å². The third-order valence-electron chi connectivity index (χ3n) is 3.98. The average molecular weight is 358 g/mol. The van der Waals surface area contributed by atoms with Crippen molar-refractivity contribution in [1.82, 2.24) is 20.3 Å². The van der Waals surface area contributed by atoms with Crippen LogP contribution >= 0.6 is 0 Å². The zero-order valence-corrected chi connectivity index (χ0v) is 14.1. The van der Waals surface area contributed by atoms with E-state index in [-0.39, 0.29) is 17.7 Å². The molecule has 0 aliphatic rings. The number of fused-ring (bicyclic) bond motifs is 1. The molecular formula is C20H14N4O3. The molecule has 3 aromatic heterocycles. The van der Waals surface area contributed by atoms with Crippen LogP contribution in [0.3, 0.4) is 0 Å². The van der Waals surface area contributed by atoms with Gasteiger partial charge in [0.15, 0.2) is 11.2 Å². The second-order valence-corrected chi connectivity index (χ2v) is 5.75. The Labute approximate surface area is 153 Å². The molecule has 7 nitrogen and oxygen atoms in total. The maximum absolute atomic E-state index is 12.5. The third-order valence-corrected chi connectivity index (χ3v) is 3.98. The molecule has 0 radical (unpaired) electrons. The molecule has 0 saturated heterocycles. The summed E-state index contributed by atoms with van der Waals surface area (Å²) in [5, 5.41) is 3.16. The molecule has 1 amide bonds. The molecule has 0 atom stereocenters. The van der Waals surface area contributed by atoms with Crippen LogP contribution in [-0.4, -0.2) is 20.9 Å². The van der Waals surface area contributed by atoms with E-state index in [1.165, 1.54) is 6.07 Å². The molecule has 0 bridgehead atoms. The van der Waals surface area contributed by atoms with Gasteiger partial charge >= 0.3 is 0 Å². The largest absolute Gasteiger partial charge is 0.451 e. The topological polar surface area (TPSA) is 98.0 Å². The monoisotopic (exact) mass is 358 g/mol. The number of pyridine rings is 1. The molecule has 0 unspecified atom stereocenters. The van der Waals surface area contributed by atoms with Gasteiger partial charge in [-0.1, -0.05) is 12.1 Å². The summed E-state index contributed by atoms with van der Waals surface area (Å²) in [4.78, 5) is 37.3. The number of hydrogen-bond acceptors (Lipinski definition) is 6. The molecular weight excluding hydrogens is 344 g/mol. The number of para-hydroxylation sites is 1. The van der Waals surface area contributed by atoms with Crippen LogP contribution in [-0.2, 0) is 6.54 Å². The Morgan fingerprint density at radius 2 is 1.89 bits per heavy atom. The second kappa shape index (κ2) is 7.17. The highest BCUT2D eigenvalue weighted by atomic mass is 16.3. The molecule has 7 heteroatoms. The molecule has 0 aliphatic carbocycles. The second-order valence-electron chi connectivity index (χ2n) is 5.75. The normalized spacial score (nSPS) is 10.7. The molecule has 27 heavy (non-hydrogen) atoms. The minimum Gasteiger partial charge on any atom is -0.451 e. The van der Waals surface area contributed by atoms with Crippen LogP contribution in [0.15, 0.2) is 76.5 Å². The van der Waals surface area contributed by atoms with Gasteiger partial charge in [-0.05, 0) is 24.3 Å². The van der Waals surface area contributed by atoms with Crippen molar-refractivity contribution in [3.05, 3.63) is 88.9 Å². The first-order chi connectivity index (χ1) is 13.2. The Hall–Kier alpha value is -3.87. The van der Waals surface area contributed by atoms with Gasteiger partial charge in [-0.25, -0.2) is 0 Å². The Bertz CT molecular complexity index is 1170. The van der Waals surface area contributed by atoms with E-state index in [2.05, 4.69) is 20.3 Å². The van der Waals surface area contributed by atoms with E-state index in [0.29, 0.717) is 22.4 Å². The molecule has 0 aliphatic heterocycles. The summed E-state index contributed by atoms with van der Waals surface area (Å²) >= 11 is 0. The smallest absolute Gasteiger partial charge is 0.287 e. The predicted molar refractivity (Wildman–Crippen MR) is 98.9 cm³/mol. The van der Waals surface area contributed by atoms with E-state index in [0.717, 1.165) is 5.56 Å². The van der Waals surface area contributed by atoms with Gasteiger partial charge in [-0.15, -0.1) is 0 Å². The molecule has 132 valence electrons. The third kappa shape index (κ3) is 3.43. The summed E-state index contributed by atoms with van der Waals surface area (Å²) < 4.78 is 5.55. The zero-order valence-electron chi connectivity index (χ0n) is 14.1. The van der Waals surface area contributed by atoms with Gasteiger partial charge in [-0.3, -0.25) is 24.5 Å². The van der Waals surface area contributed by atoms with Crippen molar-refractivity contribution in [2.24, 2.45) is 0 Å². The van der Waals surface area contributed by atoms with Crippen molar-refractivity contribution in [3.8, 4) is 11.3 Å². The minimum atomic E-state index is -0.499. The molecule has 4 aromatic rings. The SMILES string of the molecule is O=C(NCc1nccnc1-c1cccnc1)c1cc(=O)c2ccccc2o1. The summed E-state index contributed by atoms with van der Waals surface area (Å²) in [5.41, 5.74) is 2.11. The summed E-state index contributed by atoms with van der Waals surface area (Å²) in [7, 11) is 0. The molecule has 3 heterocycles. The standard InChI is InChI=1S/C20H14N4O3/c25-16-10-18(27-17-6-2-1-5-14(16)17)20(26)24-12-15-19(23-9-8-22-15)13-4-3-7-21-11-13/h1-11H,12H2,(H,24,26). The van der Waals surface area contributed by atoms with Crippen LogP contribution in [0, 0.1) is 0 Å². The maximum atomic E-state index is 12.5. The first kappa shape index (κ1) is 16.6. The molecule has 1 aromatic carbocycles. The summed E-state index contributed by atoms with van der Waals surface area (Å²) in [5.74, 6) is -0.550. The Morgan fingerprint density at radius 3 is 2.74 bits per heavy atom. The molecule has 0 saturated carbocycles. The fourth-order valence-electron chi connectivity index (χ4n) is 2.71. The highest BCUT2D eigenvalue weighted by Gasteiger charge is 2.14. The predicted octanol–water partition coefficient (Wildman–Crippen LogP) is 2.58. The fraction of sp³-hybridized carbons (Fsp3) is 0.0500. The van der Waals surface area contributed by atoms with Crippen molar-refractivity contribution in [2.75, 3.05) is 0 Å². The zero-order chi connectivity index (χ0) is 18.6. The van der Waals surface area contributed by atoms with Gasteiger partial charge in [0, 0.05) is 36.4 Å². The minimum absolute atomic E-state index is 0.0504. The lowest BCUT2D eigenvalue weighted by Gasteiger charge is -2.08. The Morgan fingerprint density at radius 1 is 1.04 bits per heavy atom. The van der Waals surface area contributed by atoms with Crippen molar-refractivity contribution >= 4 is 16.9 Å². The van der Waals surface area contributed by atoms with E-state index in [9.17, 15) is 9.59 Å². The number of carbonyl (C=O) groups excluding carboxylic acids is 1. The van der Waals surface area contributed by atoms with Crippen LogP contribution < -0.4 is 10.7 Å². The summed E-state index contributed by atoms with van der Waals surface area (Å²) in [6.45, 7) is 0.132. The summed E-state index contributed by atoms with van der Waals surface area (Å²) in [6, 6.07) is 11.6. The number of nitrogens with one attached hydrogen (secondary N) is 1. The number of carbonyl (C=O) groups is 1. The van der Waals surface area contributed by atoms with Gasteiger partial charge < -0.3 is 9.73 Å². The molecule has 0 spiro atoms. The molecule has 0 fully saturated rings. The Kier molecular flexibility index (Phi) is 4.40. The van der Waals surface area contributed by atoms with Crippen LogP contribution in [0.4, 0.5) is 0 Å². The molecule has 4 rings (SSSR count). The van der Waals surface area contributed by atoms with Crippen molar-refractivity contribution in [3.63, 3.8) is 0 Å². The van der Waals surface area contributed by atoms with Crippen molar-refractivity contribution in [1.29, 1.82) is 0 Å². The van der Waals surface area contributed by atoms with E-state index in [1.807, 2.05) is 6.07 Å². The van der Waals surface area contributed by atoms with E-state index in [1.54, 1.807) is 55.1 Å². The highest BCUT2D eigenvalue weighted by molar-refractivity contribution is 5.93. The first-order valence-corrected chi connectivity index (χ1v) is 8.24. The van der Waals surface area contributed by atoms with Gasteiger partial charge in [0.1, 0.15) is 5.58 Å². The van der Waals surface area contributed by atoms with Crippen LogP contribution in [0.2, 0.25) is 0 Å². The summed E-state index contributed by atoms with van der Waals surface area (Å²) in [6.07, 6.45) is 6.48. The van der Waals surface area contributed by atoms with Crippen LogP contribution in [0.25, 0.3) is 22.2 Å². The number of nitrogens with zero attached hydrogens (tertiary/aromatic N) is 3. The number of hydrogen-bond donors (Lipinski definition) is 1. The highest BCUT2D eigenvalue weighted by Crippen LogP contribution is 2.18. The van der Waals surface area contributed by atoms with E-state index < -0.39 is 5.91 Å². The van der Waals surface area contributed by atoms with Gasteiger partial charge in [0.05, 0.1) is 23.3 Å². The average Bonchev–Trinajstić information content (AvgIpc) is 2.73. The van der Waals surface area contributed by atoms with Gasteiger partial charge in [0.25, 0.3) is 5.91 Å². The number of aromatic nitrogens is 3. The van der Waals surface area contributed by atoms with Crippen molar-refractivity contribution in [2.45, 2.75) is 6.54 Å². The fourth-order valence-corrected chi connectivity index (χ4v) is 2.71. The number of benzene rings is 1. The Balaban J connectivity index is 1.58. The van der Waals surface area contributed by atoms with Gasteiger partial charge in [0.2, 0.25) is 0 Å². The lowest BCUT2D eigenvalue weighted by atomic mass is 10.1. The van der Waals surface area contributed by atoms with E-state index in [4.69, 9.17) is 4.42 Å². The van der Waals surface area contributed by atoms with Crippen LogP contribution in [0.5, 0.6) is 0 Å². The van der Waals surface area contributed by atoms with E-state index >= 15 is 0 Å². The first-order valence-electron chi connectivity index (χ1n) is 8.24. The lowest BCUT2D eigenvalue weighted by Crippen LogP contribution is -2.25. The maximum Gasteiger partial charge on any atom is 0.287 e. The lowest BCUT2D eigenvalue weighted by molar-refractivity contribution is 0.0923. The van der Waals surface area contributed by atoms with Crippen molar-refractivity contribution < 1.29 is 9.21 Å². The number of amides is 1. The molecule has 1 N–H and O–H groups in total. The number of rotatable bonds is 4. The quantitative estimate of drug-likeness (QED) is 0.602.